The van der Waals surface area contributed by atoms with E-state index in [0.717, 1.165) is 6.07 Å². The number of thioether (sulfide) groups is 1. The van der Waals surface area contributed by atoms with Crippen LogP contribution in [0.15, 0.2) is 23.1 Å². The predicted molar refractivity (Wildman–Crippen MR) is 57.0 cm³/mol. The highest BCUT2D eigenvalue weighted by Crippen LogP contribution is 2.21. The molecule has 2 N–H and O–H groups in total. The van der Waals surface area contributed by atoms with Gasteiger partial charge in [0.15, 0.2) is 0 Å². The molecule has 5 heteroatoms. The summed E-state index contributed by atoms with van der Waals surface area (Å²) in [6.45, 7) is 1.50. The zero-order valence-corrected chi connectivity index (χ0v) is 9.03. The van der Waals surface area contributed by atoms with E-state index in [1.165, 1.54) is 23.9 Å². The molecule has 0 radical (unpaired) electrons. The van der Waals surface area contributed by atoms with Gasteiger partial charge in [0.2, 0.25) is 0 Å². The fourth-order valence-electron chi connectivity index (χ4n) is 0.988. The van der Waals surface area contributed by atoms with Gasteiger partial charge in [-0.25, -0.2) is 8.78 Å². The molecule has 0 bridgehead atoms. The Hall–Kier alpha value is -0.650. The molecule has 0 amide bonds. The lowest BCUT2D eigenvalue weighted by atomic mass is 10.3. The molecule has 0 fully saturated rings. The van der Waals surface area contributed by atoms with E-state index in [4.69, 9.17) is 10.5 Å². The quantitative estimate of drug-likeness (QED) is 0.603. The summed E-state index contributed by atoms with van der Waals surface area (Å²) in [6.07, 6.45) is 0. The van der Waals surface area contributed by atoms with Gasteiger partial charge < -0.3 is 10.5 Å². The molecule has 1 aromatic carbocycles. The van der Waals surface area contributed by atoms with Crippen molar-refractivity contribution < 1.29 is 13.5 Å². The molecule has 0 saturated heterocycles. The summed E-state index contributed by atoms with van der Waals surface area (Å²) in [5.41, 5.74) is 5.23. The van der Waals surface area contributed by atoms with E-state index in [9.17, 15) is 8.78 Å². The maximum absolute atomic E-state index is 13.1. The standard InChI is InChI=1S/C10H13F2NOS/c11-8-1-2-10(9(12)7-8)15-6-5-14-4-3-13/h1-2,7H,3-6,13H2. The summed E-state index contributed by atoms with van der Waals surface area (Å²) in [4.78, 5) is 0.438. The summed E-state index contributed by atoms with van der Waals surface area (Å²) in [6, 6.07) is 3.55. The smallest absolute Gasteiger partial charge is 0.139 e. The summed E-state index contributed by atoms with van der Waals surface area (Å²) >= 11 is 1.30. The Labute approximate surface area is 91.8 Å². The van der Waals surface area contributed by atoms with Crippen LogP contribution in [0.2, 0.25) is 0 Å². The topological polar surface area (TPSA) is 35.2 Å². The highest BCUT2D eigenvalue weighted by atomic mass is 32.2. The number of nitrogens with two attached hydrogens (primary N) is 1. The second-order valence-corrected chi connectivity index (χ2v) is 3.96. The van der Waals surface area contributed by atoms with Gasteiger partial charge in [-0.05, 0) is 12.1 Å². The first kappa shape index (κ1) is 12.4. The minimum atomic E-state index is -0.559. The number of ether oxygens (including phenoxy) is 1. The van der Waals surface area contributed by atoms with Gasteiger partial charge in [0.05, 0.1) is 13.2 Å². The lowest BCUT2D eigenvalue weighted by molar-refractivity contribution is 0.158. The molecule has 84 valence electrons. The van der Waals surface area contributed by atoms with Crippen molar-refractivity contribution in [2.45, 2.75) is 4.90 Å². The second-order valence-electron chi connectivity index (χ2n) is 2.82. The van der Waals surface area contributed by atoms with Crippen molar-refractivity contribution in [1.82, 2.24) is 0 Å². The van der Waals surface area contributed by atoms with Gasteiger partial charge in [-0.3, -0.25) is 0 Å². The second kappa shape index (κ2) is 6.76. The van der Waals surface area contributed by atoms with Crippen molar-refractivity contribution in [1.29, 1.82) is 0 Å². The fraction of sp³-hybridized carbons (Fsp3) is 0.400. The number of benzene rings is 1. The van der Waals surface area contributed by atoms with Gasteiger partial charge in [0.25, 0.3) is 0 Å². The molecule has 0 unspecified atom stereocenters. The largest absolute Gasteiger partial charge is 0.379 e. The zero-order chi connectivity index (χ0) is 11.1. The Morgan fingerprint density at radius 3 is 2.73 bits per heavy atom. The van der Waals surface area contributed by atoms with Crippen LogP contribution in [-0.4, -0.2) is 25.5 Å². The summed E-state index contributed by atoms with van der Waals surface area (Å²) < 4.78 is 30.8. The van der Waals surface area contributed by atoms with Crippen LogP contribution in [0.5, 0.6) is 0 Å². The number of hydrogen-bond acceptors (Lipinski definition) is 3. The van der Waals surface area contributed by atoms with Gasteiger partial charge >= 0.3 is 0 Å². The summed E-state index contributed by atoms with van der Waals surface area (Å²) in [5, 5.41) is 0. The van der Waals surface area contributed by atoms with E-state index in [-0.39, 0.29) is 0 Å². The third-order valence-corrected chi connectivity index (χ3v) is 2.65. The molecule has 0 atom stereocenters. The highest BCUT2D eigenvalue weighted by molar-refractivity contribution is 7.99. The molecule has 2 nitrogen and oxygen atoms in total. The van der Waals surface area contributed by atoms with E-state index in [2.05, 4.69) is 0 Å². The molecule has 0 heterocycles. The first-order valence-electron chi connectivity index (χ1n) is 4.59. The number of hydrogen-bond donors (Lipinski definition) is 1. The molecule has 1 aromatic rings. The van der Waals surface area contributed by atoms with Crippen LogP contribution < -0.4 is 5.73 Å². The van der Waals surface area contributed by atoms with Gasteiger partial charge in [-0.1, -0.05) is 0 Å². The molecule has 0 saturated carbocycles. The minimum absolute atomic E-state index is 0.438. The van der Waals surface area contributed by atoms with E-state index >= 15 is 0 Å². The van der Waals surface area contributed by atoms with Gasteiger partial charge in [0, 0.05) is 23.3 Å². The molecule has 0 aliphatic carbocycles. The first-order valence-corrected chi connectivity index (χ1v) is 5.58. The normalized spacial score (nSPS) is 10.6. The molecular formula is C10H13F2NOS. The minimum Gasteiger partial charge on any atom is -0.379 e. The SMILES string of the molecule is NCCOCCSc1ccc(F)cc1F. The van der Waals surface area contributed by atoms with E-state index in [1.807, 2.05) is 0 Å². The van der Waals surface area contributed by atoms with Crippen molar-refractivity contribution in [2.24, 2.45) is 5.73 Å². The monoisotopic (exact) mass is 233 g/mol. The lowest BCUT2D eigenvalue weighted by Gasteiger charge is -2.03. The summed E-state index contributed by atoms with van der Waals surface area (Å²) in [5.74, 6) is -0.460. The Balaban J connectivity index is 2.31. The fourth-order valence-corrected chi connectivity index (χ4v) is 1.77. The van der Waals surface area contributed by atoms with Gasteiger partial charge in [-0.2, -0.15) is 0 Å². The van der Waals surface area contributed by atoms with Crippen molar-refractivity contribution in [2.75, 3.05) is 25.5 Å². The molecule has 0 aliphatic heterocycles. The molecule has 0 aromatic heterocycles. The van der Waals surface area contributed by atoms with Crippen LogP contribution in [-0.2, 0) is 4.74 Å². The van der Waals surface area contributed by atoms with Gasteiger partial charge in [-0.15, -0.1) is 11.8 Å². The Kier molecular flexibility index (Phi) is 5.60. The Morgan fingerprint density at radius 1 is 1.27 bits per heavy atom. The van der Waals surface area contributed by atoms with E-state index in [0.29, 0.717) is 30.4 Å². The molecular weight excluding hydrogens is 220 g/mol. The molecule has 15 heavy (non-hydrogen) atoms. The van der Waals surface area contributed by atoms with Crippen LogP contribution in [0.1, 0.15) is 0 Å². The molecule has 0 spiro atoms. The maximum atomic E-state index is 13.1. The lowest BCUT2D eigenvalue weighted by Crippen LogP contribution is -2.09. The van der Waals surface area contributed by atoms with E-state index < -0.39 is 11.6 Å². The molecule has 1 rings (SSSR count). The molecule has 0 aliphatic rings. The number of rotatable bonds is 6. The van der Waals surface area contributed by atoms with Crippen LogP contribution in [0.25, 0.3) is 0 Å². The predicted octanol–water partition coefficient (Wildman–Crippen LogP) is 2.03. The average molecular weight is 233 g/mol. The zero-order valence-electron chi connectivity index (χ0n) is 8.21. The Bertz CT molecular complexity index is 309. The van der Waals surface area contributed by atoms with Crippen molar-refractivity contribution >= 4 is 11.8 Å². The third kappa shape index (κ3) is 4.59. The van der Waals surface area contributed by atoms with Crippen LogP contribution >= 0.6 is 11.8 Å². The van der Waals surface area contributed by atoms with Gasteiger partial charge in [0.1, 0.15) is 11.6 Å². The first-order chi connectivity index (χ1) is 7.24. The summed E-state index contributed by atoms with van der Waals surface area (Å²) in [7, 11) is 0. The highest BCUT2D eigenvalue weighted by Gasteiger charge is 2.03. The van der Waals surface area contributed by atoms with E-state index in [1.54, 1.807) is 0 Å². The van der Waals surface area contributed by atoms with Crippen molar-refractivity contribution in [3.8, 4) is 0 Å². The third-order valence-electron chi connectivity index (χ3n) is 1.64. The van der Waals surface area contributed by atoms with Crippen LogP contribution in [0, 0.1) is 11.6 Å². The van der Waals surface area contributed by atoms with Crippen molar-refractivity contribution in [3.63, 3.8) is 0 Å². The van der Waals surface area contributed by atoms with Crippen LogP contribution in [0.4, 0.5) is 8.78 Å². The van der Waals surface area contributed by atoms with Crippen LogP contribution in [0.3, 0.4) is 0 Å². The van der Waals surface area contributed by atoms with Crippen molar-refractivity contribution in [3.05, 3.63) is 29.8 Å². The Morgan fingerprint density at radius 2 is 2.07 bits per heavy atom. The maximum Gasteiger partial charge on any atom is 0.139 e. The average Bonchev–Trinajstić information content (AvgIpc) is 2.20. The number of halogens is 2.